The molecular formula is C32H43N3O3. The highest BCUT2D eigenvalue weighted by Crippen LogP contribution is 2.29. The molecule has 1 aromatic heterocycles. The van der Waals surface area contributed by atoms with Crippen LogP contribution in [0.25, 0.3) is 10.9 Å². The zero-order valence-electron chi connectivity index (χ0n) is 23.2. The Morgan fingerprint density at radius 1 is 1.00 bits per heavy atom. The molecule has 1 N–H and O–H groups in total. The number of amides is 2. The lowest BCUT2D eigenvalue weighted by molar-refractivity contribution is -0.141. The number of hydrogen-bond donors (Lipinski definition) is 1. The largest absolute Gasteiger partial charge is 0.497 e. The van der Waals surface area contributed by atoms with Gasteiger partial charge in [-0.1, -0.05) is 69.9 Å². The third-order valence-corrected chi connectivity index (χ3v) is 7.72. The maximum atomic E-state index is 13.8. The van der Waals surface area contributed by atoms with Gasteiger partial charge in [-0.2, -0.15) is 0 Å². The average molecular weight is 518 g/mol. The minimum Gasteiger partial charge on any atom is -0.497 e. The number of aromatic amines is 1. The van der Waals surface area contributed by atoms with Crippen LogP contribution in [0, 0.1) is 11.8 Å². The van der Waals surface area contributed by atoms with Gasteiger partial charge in [-0.15, -0.1) is 0 Å². The second-order valence-corrected chi connectivity index (χ2v) is 11.1. The number of rotatable bonds is 13. The zero-order chi connectivity index (χ0) is 26.9. The molecule has 6 heteroatoms. The van der Waals surface area contributed by atoms with Crippen LogP contribution in [0.3, 0.4) is 0 Å². The monoisotopic (exact) mass is 517 g/mol. The highest BCUT2D eigenvalue weighted by atomic mass is 16.5. The number of H-pyrrole nitrogens is 1. The average Bonchev–Trinajstić information content (AvgIpc) is 3.59. The summed E-state index contributed by atoms with van der Waals surface area (Å²) < 4.78 is 5.31. The second kappa shape index (κ2) is 13.5. The molecule has 4 rings (SSSR count). The van der Waals surface area contributed by atoms with Crippen molar-refractivity contribution >= 4 is 22.7 Å². The smallest absolute Gasteiger partial charge is 0.242 e. The molecule has 6 nitrogen and oxygen atoms in total. The van der Waals surface area contributed by atoms with Crippen LogP contribution in [-0.2, 0) is 22.6 Å². The maximum Gasteiger partial charge on any atom is 0.242 e. The SMILES string of the molecule is COc1ccc(CN(CCc2c[nH]c3ccccc23)C(=O)CN(CC(C)C)C(=O)CCC2CCCC2)cc1. The topological polar surface area (TPSA) is 65.6 Å². The van der Waals surface area contributed by atoms with Crippen LogP contribution in [0.5, 0.6) is 5.75 Å². The molecule has 0 bridgehead atoms. The lowest BCUT2D eigenvalue weighted by Gasteiger charge is -2.29. The number of carbonyl (C=O) groups is 2. The summed E-state index contributed by atoms with van der Waals surface area (Å²) >= 11 is 0. The molecule has 3 aromatic rings. The Morgan fingerprint density at radius 3 is 2.45 bits per heavy atom. The Kier molecular flexibility index (Phi) is 9.85. The first-order chi connectivity index (χ1) is 18.4. The van der Waals surface area contributed by atoms with Gasteiger partial charge in [-0.05, 0) is 54.0 Å². The van der Waals surface area contributed by atoms with E-state index < -0.39 is 0 Å². The van der Waals surface area contributed by atoms with Crippen molar-refractivity contribution < 1.29 is 14.3 Å². The molecule has 204 valence electrons. The van der Waals surface area contributed by atoms with Gasteiger partial charge in [0.2, 0.25) is 11.8 Å². The van der Waals surface area contributed by atoms with Crippen LogP contribution in [0.15, 0.2) is 54.7 Å². The summed E-state index contributed by atoms with van der Waals surface area (Å²) in [5.74, 6) is 1.87. The van der Waals surface area contributed by atoms with E-state index in [1.807, 2.05) is 47.5 Å². The third-order valence-electron chi connectivity index (χ3n) is 7.72. The summed E-state index contributed by atoms with van der Waals surface area (Å²) in [5, 5.41) is 1.19. The molecule has 1 heterocycles. The minimum atomic E-state index is -0.00414. The van der Waals surface area contributed by atoms with Crippen LogP contribution >= 0.6 is 0 Å². The number of carbonyl (C=O) groups excluding carboxylic acids is 2. The molecule has 0 aliphatic heterocycles. The minimum absolute atomic E-state index is 0.00414. The van der Waals surface area contributed by atoms with E-state index in [1.165, 1.54) is 36.6 Å². The number of ether oxygens (including phenoxy) is 1. The van der Waals surface area contributed by atoms with E-state index in [9.17, 15) is 9.59 Å². The summed E-state index contributed by atoms with van der Waals surface area (Å²) in [6.07, 6.45) is 9.30. The summed E-state index contributed by atoms with van der Waals surface area (Å²) in [7, 11) is 1.65. The number of para-hydroxylation sites is 1. The van der Waals surface area contributed by atoms with E-state index in [4.69, 9.17) is 4.74 Å². The van der Waals surface area contributed by atoms with Gasteiger partial charge < -0.3 is 19.5 Å². The fourth-order valence-electron chi connectivity index (χ4n) is 5.58. The first-order valence-electron chi connectivity index (χ1n) is 14.2. The molecule has 1 aliphatic rings. The normalized spacial score (nSPS) is 13.8. The van der Waals surface area contributed by atoms with Crippen molar-refractivity contribution in [1.82, 2.24) is 14.8 Å². The molecule has 38 heavy (non-hydrogen) atoms. The van der Waals surface area contributed by atoms with Crippen LogP contribution in [0.1, 0.15) is 63.5 Å². The summed E-state index contributed by atoms with van der Waals surface area (Å²) in [6.45, 7) is 6.02. The standard InChI is InChI=1S/C32H43N3O3/c1-24(2)21-35(31(36)17-14-25-8-4-5-9-25)23-32(37)34(22-26-12-15-28(38-3)16-13-26)19-18-27-20-33-30-11-7-6-10-29(27)30/h6-7,10-13,15-16,20,24-25,33H,4-5,8-9,14,17-19,21-23H2,1-3H3. The van der Waals surface area contributed by atoms with E-state index in [0.717, 1.165) is 29.7 Å². The van der Waals surface area contributed by atoms with Crippen molar-refractivity contribution in [3.05, 3.63) is 65.9 Å². The van der Waals surface area contributed by atoms with Crippen molar-refractivity contribution in [3.63, 3.8) is 0 Å². The number of benzene rings is 2. The zero-order valence-corrected chi connectivity index (χ0v) is 23.2. The Labute approximate surface area is 227 Å². The fraction of sp³-hybridized carbons (Fsp3) is 0.500. The Balaban J connectivity index is 1.47. The van der Waals surface area contributed by atoms with E-state index in [-0.39, 0.29) is 18.4 Å². The highest BCUT2D eigenvalue weighted by molar-refractivity contribution is 5.85. The molecule has 1 aliphatic carbocycles. The molecule has 2 amide bonds. The molecule has 0 unspecified atom stereocenters. The van der Waals surface area contributed by atoms with Crippen molar-refractivity contribution in [3.8, 4) is 5.75 Å². The first-order valence-corrected chi connectivity index (χ1v) is 14.2. The van der Waals surface area contributed by atoms with Gasteiger partial charge in [0, 0.05) is 43.2 Å². The molecule has 0 spiro atoms. The van der Waals surface area contributed by atoms with Gasteiger partial charge in [-0.25, -0.2) is 0 Å². The number of nitrogens with zero attached hydrogens (tertiary/aromatic N) is 2. The van der Waals surface area contributed by atoms with E-state index in [2.05, 4.69) is 31.0 Å². The van der Waals surface area contributed by atoms with E-state index in [1.54, 1.807) is 12.0 Å². The van der Waals surface area contributed by atoms with Crippen molar-refractivity contribution in [2.75, 3.05) is 26.7 Å². The second-order valence-electron chi connectivity index (χ2n) is 11.1. The van der Waals surface area contributed by atoms with Gasteiger partial charge in [0.05, 0.1) is 13.7 Å². The molecular weight excluding hydrogens is 474 g/mol. The number of hydrogen-bond acceptors (Lipinski definition) is 3. The molecule has 1 fully saturated rings. The number of methoxy groups -OCH3 is 1. The predicted octanol–water partition coefficient (Wildman–Crippen LogP) is 6.20. The number of fused-ring (bicyclic) bond motifs is 1. The van der Waals surface area contributed by atoms with Crippen molar-refractivity contribution in [2.24, 2.45) is 11.8 Å². The fourth-order valence-corrected chi connectivity index (χ4v) is 5.58. The lowest BCUT2D eigenvalue weighted by Crippen LogP contribution is -2.44. The van der Waals surface area contributed by atoms with Crippen molar-refractivity contribution in [1.29, 1.82) is 0 Å². The van der Waals surface area contributed by atoms with E-state index >= 15 is 0 Å². The molecule has 1 saturated carbocycles. The molecule has 0 saturated heterocycles. The lowest BCUT2D eigenvalue weighted by atomic mass is 10.0. The molecule has 2 aromatic carbocycles. The highest BCUT2D eigenvalue weighted by Gasteiger charge is 2.24. The maximum absolute atomic E-state index is 13.8. The third kappa shape index (κ3) is 7.62. The quantitative estimate of drug-likeness (QED) is 0.293. The van der Waals surface area contributed by atoms with Crippen LogP contribution in [0.2, 0.25) is 0 Å². The Hall–Kier alpha value is -3.28. The van der Waals surface area contributed by atoms with Gasteiger partial charge >= 0.3 is 0 Å². The van der Waals surface area contributed by atoms with E-state index in [0.29, 0.717) is 37.9 Å². The summed E-state index contributed by atoms with van der Waals surface area (Å²) in [6, 6.07) is 16.1. The van der Waals surface area contributed by atoms with Crippen LogP contribution in [0.4, 0.5) is 0 Å². The molecule has 0 radical (unpaired) electrons. The van der Waals surface area contributed by atoms with Gasteiger partial charge in [0.15, 0.2) is 0 Å². The van der Waals surface area contributed by atoms with Gasteiger partial charge in [0.25, 0.3) is 0 Å². The first kappa shape index (κ1) is 27.7. The van der Waals surface area contributed by atoms with Crippen LogP contribution in [-0.4, -0.2) is 53.3 Å². The van der Waals surface area contributed by atoms with Gasteiger partial charge in [0.1, 0.15) is 5.75 Å². The number of nitrogens with one attached hydrogen (secondary N) is 1. The van der Waals surface area contributed by atoms with Crippen molar-refractivity contribution in [2.45, 2.75) is 65.3 Å². The predicted molar refractivity (Wildman–Crippen MR) is 153 cm³/mol. The number of aromatic nitrogens is 1. The summed E-state index contributed by atoms with van der Waals surface area (Å²) in [4.78, 5) is 34.0. The molecule has 0 atom stereocenters. The Morgan fingerprint density at radius 2 is 1.74 bits per heavy atom. The summed E-state index contributed by atoms with van der Waals surface area (Å²) in [5.41, 5.74) is 3.34. The Bertz CT molecular complexity index is 1180. The van der Waals surface area contributed by atoms with Crippen LogP contribution < -0.4 is 4.74 Å². The van der Waals surface area contributed by atoms with Gasteiger partial charge in [-0.3, -0.25) is 9.59 Å².